The molecule has 0 unspecified atom stereocenters. The van der Waals surface area contributed by atoms with E-state index in [2.05, 4.69) is 10.6 Å². The Labute approximate surface area is 208 Å². The molecule has 2 N–H and O–H groups in total. The molecule has 1 aromatic rings. The Morgan fingerprint density at radius 2 is 1.89 bits per heavy atom. The molecule has 0 saturated heterocycles. The minimum atomic E-state index is -0.262. The molecule has 0 aromatic heterocycles. The third-order valence-electron chi connectivity index (χ3n) is 6.86. The van der Waals surface area contributed by atoms with Crippen LogP contribution in [-0.4, -0.2) is 79.7 Å². The van der Waals surface area contributed by atoms with E-state index >= 15 is 0 Å². The molecule has 194 valence electrons. The van der Waals surface area contributed by atoms with Crippen molar-refractivity contribution in [2.75, 3.05) is 39.2 Å². The van der Waals surface area contributed by atoms with Crippen molar-refractivity contribution in [1.29, 1.82) is 0 Å². The van der Waals surface area contributed by atoms with Gasteiger partial charge in [-0.1, -0.05) is 13.3 Å². The highest BCUT2D eigenvalue weighted by Crippen LogP contribution is 2.30. The summed E-state index contributed by atoms with van der Waals surface area (Å²) in [7, 11) is 3.36. The van der Waals surface area contributed by atoms with E-state index in [0.717, 1.165) is 19.3 Å². The van der Waals surface area contributed by atoms with E-state index < -0.39 is 0 Å². The number of rotatable bonds is 4. The molecule has 2 aliphatic rings. The Balaban J connectivity index is 1.91. The van der Waals surface area contributed by atoms with Crippen molar-refractivity contribution in [2.45, 2.75) is 65.1 Å². The number of nitrogens with one attached hydrogen (secondary N) is 2. The van der Waals surface area contributed by atoms with Crippen LogP contribution >= 0.6 is 0 Å². The van der Waals surface area contributed by atoms with Crippen LogP contribution in [0.2, 0.25) is 0 Å². The number of carbonyl (C=O) groups excluding carboxylic acids is 3. The standard InChI is InChI=1S/C26H40N4O5/c1-16(2)27-26(33)30-13-17(3)23(34-6)14-29(5)25(32)21-11-10-20(12-22(21)35-15-18(30)4)28-24(31)19-8-7-9-19/h10-12,16-19,23H,7-9,13-15H2,1-6H3,(H,27,33)(H,28,31)/t17-,18-,23-/m1/s1. The molecule has 1 aliphatic carbocycles. The number of ether oxygens (including phenoxy) is 2. The molecule has 0 bridgehead atoms. The number of anilines is 1. The van der Waals surface area contributed by atoms with Crippen molar-refractivity contribution in [3.05, 3.63) is 23.8 Å². The molecular formula is C26H40N4O5. The van der Waals surface area contributed by atoms with Gasteiger partial charge in [-0.2, -0.15) is 0 Å². The lowest BCUT2D eigenvalue weighted by Gasteiger charge is -2.36. The zero-order valence-corrected chi connectivity index (χ0v) is 21.8. The lowest BCUT2D eigenvalue weighted by atomic mass is 9.85. The van der Waals surface area contributed by atoms with E-state index in [1.54, 1.807) is 42.2 Å². The summed E-state index contributed by atoms with van der Waals surface area (Å²) in [6.45, 7) is 8.81. The molecule has 9 heteroatoms. The van der Waals surface area contributed by atoms with E-state index in [1.165, 1.54) is 0 Å². The van der Waals surface area contributed by atoms with E-state index in [0.29, 0.717) is 30.1 Å². The molecule has 3 rings (SSSR count). The van der Waals surface area contributed by atoms with E-state index in [1.807, 2.05) is 27.7 Å². The summed E-state index contributed by atoms with van der Waals surface area (Å²) in [4.78, 5) is 42.2. The summed E-state index contributed by atoms with van der Waals surface area (Å²) in [5, 5.41) is 5.92. The van der Waals surface area contributed by atoms with Gasteiger partial charge in [0.1, 0.15) is 12.4 Å². The molecule has 1 saturated carbocycles. The number of hydrogen-bond donors (Lipinski definition) is 2. The maximum Gasteiger partial charge on any atom is 0.317 e. The predicted octanol–water partition coefficient (Wildman–Crippen LogP) is 3.35. The summed E-state index contributed by atoms with van der Waals surface area (Å²) in [5.41, 5.74) is 0.997. The number of hydrogen-bond acceptors (Lipinski definition) is 5. The monoisotopic (exact) mass is 488 g/mol. The second-order valence-corrected chi connectivity index (χ2v) is 10.2. The van der Waals surface area contributed by atoms with Gasteiger partial charge in [-0.25, -0.2) is 4.79 Å². The average molecular weight is 489 g/mol. The first-order valence-corrected chi connectivity index (χ1v) is 12.5. The van der Waals surface area contributed by atoms with Crippen LogP contribution in [0, 0.1) is 11.8 Å². The summed E-state index contributed by atoms with van der Waals surface area (Å²) in [6, 6.07) is 4.69. The third-order valence-corrected chi connectivity index (χ3v) is 6.86. The van der Waals surface area contributed by atoms with Crippen LogP contribution < -0.4 is 15.4 Å². The topological polar surface area (TPSA) is 100 Å². The normalized spacial score (nSPS) is 24.0. The quantitative estimate of drug-likeness (QED) is 0.677. The van der Waals surface area contributed by atoms with Crippen LogP contribution in [0.1, 0.15) is 57.3 Å². The van der Waals surface area contributed by atoms with Gasteiger partial charge in [0, 0.05) is 56.9 Å². The minimum Gasteiger partial charge on any atom is -0.491 e. The van der Waals surface area contributed by atoms with Gasteiger partial charge in [0.25, 0.3) is 5.91 Å². The van der Waals surface area contributed by atoms with Crippen LogP contribution in [0.5, 0.6) is 5.75 Å². The van der Waals surface area contributed by atoms with Gasteiger partial charge in [-0.05, 0) is 45.7 Å². The molecule has 1 fully saturated rings. The largest absolute Gasteiger partial charge is 0.491 e. The number of amides is 4. The molecule has 9 nitrogen and oxygen atoms in total. The number of urea groups is 1. The first-order valence-electron chi connectivity index (χ1n) is 12.5. The Morgan fingerprint density at radius 3 is 2.49 bits per heavy atom. The van der Waals surface area contributed by atoms with Crippen LogP contribution in [0.25, 0.3) is 0 Å². The first kappa shape index (κ1) is 26.8. The fraction of sp³-hybridized carbons (Fsp3) is 0.654. The Morgan fingerprint density at radius 1 is 1.17 bits per heavy atom. The number of methoxy groups -OCH3 is 1. The first-order chi connectivity index (χ1) is 16.6. The number of benzene rings is 1. The van der Waals surface area contributed by atoms with Crippen LogP contribution in [0.4, 0.5) is 10.5 Å². The maximum atomic E-state index is 13.3. The Kier molecular flexibility index (Phi) is 8.99. The van der Waals surface area contributed by atoms with Crippen LogP contribution in [0.3, 0.4) is 0 Å². The molecule has 3 atom stereocenters. The van der Waals surface area contributed by atoms with E-state index in [9.17, 15) is 14.4 Å². The number of nitrogens with zero attached hydrogens (tertiary/aromatic N) is 2. The Bertz CT molecular complexity index is 917. The molecule has 0 spiro atoms. The SMILES string of the molecule is CO[C@@H]1CN(C)C(=O)c2ccc(NC(=O)C3CCC3)cc2OC[C@@H](C)N(C(=O)NC(C)C)C[C@H]1C. The third kappa shape index (κ3) is 6.66. The average Bonchev–Trinajstić information content (AvgIpc) is 2.76. The van der Waals surface area contributed by atoms with E-state index in [4.69, 9.17) is 9.47 Å². The molecule has 1 heterocycles. The second-order valence-electron chi connectivity index (χ2n) is 10.2. The molecule has 0 radical (unpaired) electrons. The van der Waals surface area contributed by atoms with Gasteiger partial charge >= 0.3 is 6.03 Å². The molecular weight excluding hydrogens is 448 g/mol. The molecule has 1 aliphatic heterocycles. The van der Waals surface area contributed by atoms with Gasteiger partial charge in [-0.3, -0.25) is 9.59 Å². The van der Waals surface area contributed by atoms with Gasteiger partial charge in [0.2, 0.25) is 5.91 Å². The zero-order chi connectivity index (χ0) is 25.7. The van der Waals surface area contributed by atoms with Crippen LogP contribution in [0.15, 0.2) is 18.2 Å². The summed E-state index contributed by atoms with van der Waals surface area (Å²) in [6.07, 6.45) is 2.63. The van der Waals surface area contributed by atoms with Gasteiger partial charge < -0.3 is 29.9 Å². The maximum absolute atomic E-state index is 13.3. The highest BCUT2D eigenvalue weighted by atomic mass is 16.5. The van der Waals surface area contributed by atoms with Gasteiger partial charge in [0.15, 0.2) is 0 Å². The summed E-state index contributed by atoms with van der Waals surface area (Å²) >= 11 is 0. The zero-order valence-electron chi connectivity index (χ0n) is 21.8. The van der Waals surface area contributed by atoms with Crippen molar-refractivity contribution in [3.63, 3.8) is 0 Å². The van der Waals surface area contributed by atoms with Crippen molar-refractivity contribution in [2.24, 2.45) is 11.8 Å². The summed E-state index contributed by atoms with van der Waals surface area (Å²) < 4.78 is 11.9. The smallest absolute Gasteiger partial charge is 0.317 e. The fourth-order valence-corrected chi connectivity index (χ4v) is 4.38. The van der Waals surface area contributed by atoms with Crippen molar-refractivity contribution in [3.8, 4) is 5.75 Å². The van der Waals surface area contributed by atoms with Crippen LogP contribution in [-0.2, 0) is 9.53 Å². The van der Waals surface area contributed by atoms with Crippen molar-refractivity contribution < 1.29 is 23.9 Å². The highest BCUT2D eigenvalue weighted by Gasteiger charge is 2.31. The van der Waals surface area contributed by atoms with Crippen molar-refractivity contribution in [1.82, 2.24) is 15.1 Å². The van der Waals surface area contributed by atoms with Gasteiger partial charge in [-0.15, -0.1) is 0 Å². The number of likely N-dealkylation sites (N-methyl/N-ethyl adjacent to an activating group) is 1. The Hall–Kier alpha value is -2.81. The summed E-state index contributed by atoms with van der Waals surface area (Å²) in [5.74, 6) is 0.222. The number of carbonyl (C=O) groups is 3. The highest BCUT2D eigenvalue weighted by molar-refractivity contribution is 5.99. The van der Waals surface area contributed by atoms with E-state index in [-0.39, 0.29) is 54.5 Å². The molecule has 35 heavy (non-hydrogen) atoms. The predicted molar refractivity (Wildman–Crippen MR) is 135 cm³/mol. The van der Waals surface area contributed by atoms with Gasteiger partial charge in [0.05, 0.1) is 17.7 Å². The lowest BCUT2D eigenvalue weighted by Crippen LogP contribution is -2.52. The number of fused-ring (bicyclic) bond motifs is 1. The lowest BCUT2D eigenvalue weighted by molar-refractivity contribution is -0.122. The fourth-order valence-electron chi connectivity index (χ4n) is 4.38. The molecule has 4 amide bonds. The minimum absolute atomic E-state index is 0.00292. The molecule has 1 aromatic carbocycles. The van der Waals surface area contributed by atoms with Crippen molar-refractivity contribution >= 4 is 23.5 Å². The second kappa shape index (κ2) is 11.7.